The van der Waals surface area contributed by atoms with Crippen molar-refractivity contribution >= 4 is 11.9 Å². The van der Waals surface area contributed by atoms with Crippen LogP contribution in [0.3, 0.4) is 0 Å². The number of ether oxygens (including phenoxy) is 2. The molecule has 1 saturated heterocycles. The van der Waals surface area contributed by atoms with E-state index < -0.39 is 6.03 Å². The molecule has 0 atom stereocenters. The molecule has 1 fully saturated rings. The second kappa shape index (κ2) is 9.88. The fraction of sp³-hybridized carbons (Fsp3) is 0.556. The van der Waals surface area contributed by atoms with E-state index in [0.717, 1.165) is 31.5 Å². The summed E-state index contributed by atoms with van der Waals surface area (Å²) in [6.07, 6.45) is 2.17. The van der Waals surface area contributed by atoms with E-state index >= 15 is 0 Å². The molecule has 138 valence electrons. The van der Waals surface area contributed by atoms with Crippen molar-refractivity contribution in [3.8, 4) is 11.5 Å². The second-order valence-electron chi connectivity index (χ2n) is 5.94. The zero-order valence-electron chi connectivity index (χ0n) is 14.9. The van der Waals surface area contributed by atoms with Crippen LogP contribution in [-0.2, 0) is 11.2 Å². The zero-order chi connectivity index (χ0) is 18.1. The first-order valence-corrected chi connectivity index (χ1v) is 8.73. The van der Waals surface area contributed by atoms with Crippen LogP contribution >= 0.6 is 0 Å². The SMILES string of the molecule is CCOc1ccc(CCNC(=O)NC(=O)C2CCNCC2)cc1OC. The summed E-state index contributed by atoms with van der Waals surface area (Å²) in [5.74, 6) is 1.10. The Morgan fingerprint density at radius 3 is 2.68 bits per heavy atom. The first-order valence-electron chi connectivity index (χ1n) is 8.73. The maximum absolute atomic E-state index is 12.0. The average Bonchev–Trinajstić information content (AvgIpc) is 2.63. The first-order chi connectivity index (χ1) is 12.1. The molecule has 0 unspecified atom stereocenters. The quantitative estimate of drug-likeness (QED) is 0.694. The van der Waals surface area contributed by atoms with Gasteiger partial charge in [0.05, 0.1) is 13.7 Å². The molecule has 7 nitrogen and oxygen atoms in total. The molecule has 1 aromatic carbocycles. The Morgan fingerprint density at radius 2 is 2.00 bits per heavy atom. The fourth-order valence-electron chi connectivity index (χ4n) is 2.80. The molecule has 0 aromatic heterocycles. The number of carbonyl (C=O) groups is 2. The number of carbonyl (C=O) groups excluding carboxylic acids is 2. The molecule has 1 aliphatic heterocycles. The van der Waals surface area contributed by atoms with Crippen molar-refractivity contribution in [2.75, 3.05) is 33.4 Å². The van der Waals surface area contributed by atoms with Crippen LogP contribution < -0.4 is 25.4 Å². The van der Waals surface area contributed by atoms with Crippen LogP contribution in [0.15, 0.2) is 18.2 Å². The van der Waals surface area contributed by atoms with Gasteiger partial charge in [-0.15, -0.1) is 0 Å². The Morgan fingerprint density at radius 1 is 1.24 bits per heavy atom. The number of methoxy groups -OCH3 is 1. The van der Waals surface area contributed by atoms with Gasteiger partial charge in [0.2, 0.25) is 5.91 Å². The minimum atomic E-state index is -0.443. The van der Waals surface area contributed by atoms with E-state index in [9.17, 15) is 9.59 Å². The molecule has 1 aliphatic rings. The van der Waals surface area contributed by atoms with Crippen molar-refractivity contribution in [2.24, 2.45) is 5.92 Å². The number of urea groups is 1. The Hall–Kier alpha value is -2.28. The molecule has 3 N–H and O–H groups in total. The molecule has 0 bridgehead atoms. The van der Waals surface area contributed by atoms with Gasteiger partial charge in [0.1, 0.15) is 0 Å². The van der Waals surface area contributed by atoms with Gasteiger partial charge in [-0.25, -0.2) is 4.79 Å². The van der Waals surface area contributed by atoms with E-state index in [1.165, 1.54) is 0 Å². The highest BCUT2D eigenvalue weighted by atomic mass is 16.5. The molecule has 25 heavy (non-hydrogen) atoms. The van der Waals surface area contributed by atoms with Crippen molar-refractivity contribution in [3.63, 3.8) is 0 Å². The van der Waals surface area contributed by atoms with Crippen LogP contribution in [0.1, 0.15) is 25.3 Å². The predicted octanol–water partition coefficient (Wildman–Crippen LogP) is 1.46. The standard InChI is InChI=1S/C18H27N3O4/c1-3-25-15-5-4-13(12-16(15)24-2)6-11-20-18(23)21-17(22)14-7-9-19-10-8-14/h4-5,12,14,19H,3,6-11H2,1-2H3,(H2,20,21,22,23). The monoisotopic (exact) mass is 349 g/mol. The van der Waals surface area contributed by atoms with Gasteiger partial charge in [-0.2, -0.15) is 0 Å². The molecule has 0 spiro atoms. The molecule has 0 radical (unpaired) electrons. The van der Waals surface area contributed by atoms with E-state index in [-0.39, 0.29) is 11.8 Å². The van der Waals surface area contributed by atoms with Crippen LogP contribution in [0.25, 0.3) is 0 Å². The number of imide groups is 1. The lowest BCUT2D eigenvalue weighted by Gasteiger charge is -2.21. The van der Waals surface area contributed by atoms with E-state index in [2.05, 4.69) is 16.0 Å². The average molecular weight is 349 g/mol. The molecule has 3 amide bonds. The van der Waals surface area contributed by atoms with E-state index in [0.29, 0.717) is 31.1 Å². The van der Waals surface area contributed by atoms with Crippen molar-refractivity contribution in [2.45, 2.75) is 26.2 Å². The summed E-state index contributed by atoms with van der Waals surface area (Å²) >= 11 is 0. The normalized spacial score (nSPS) is 14.6. The fourth-order valence-corrected chi connectivity index (χ4v) is 2.80. The predicted molar refractivity (Wildman–Crippen MR) is 95.0 cm³/mol. The van der Waals surface area contributed by atoms with Crippen molar-refractivity contribution in [1.82, 2.24) is 16.0 Å². The lowest BCUT2D eigenvalue weighted by atomic mass is 9.97. The van der Waals surface area contributed by atoms with Gasteiger partial charge in [-0.1, -0.05) is 6.07 Å². The van der Waals surface area contributed by atoms with Gasteiger partial charge < -0.3 is 20.1 Å². The van der Waals surface area contributed by atoms with E-state index in [1.54, 1.807) is 7.11 Å². The summed E-state index contributed by atoms with van der Waals surface area (Å²) in [5.41, 5.74) is 1.02. The van der Waals surface area contributed by atoms with Gasteiger partial charge in [-0.05, 0) is 57.0 Å². The first kappa shape index (κ1) is 19.1. The summed E-state index contributed by atoms with van der Waals surface area (Å²) in [4.78, 5) is 23.8. The smallest absolute Gasteiger partial charge is 0.321 e. The van der Waals surface area contributed by atoms with E-state index in [1.807, 2.05) is 25.1 Å². The van der Waals surface area contributed by atoms with Gasteiger partial charge in [0.25, 0.3) is 0 Å². The second-order valence-corrected chi connectivity index (χ2v) is 5.94. The summed E-state index contributed by atoms with van der Waals surface area (Å²) in [6, 6.07) is 5.25. The van der Waals surface area contributed by atoms with Crippen molar-refractivity contribution < 1.29 is 19.1 Å². The maximum atomic E-state index is 12.0. The molecule has 7 heteroatoms. The molecular formula is C18H27N3O4. The van der Waals surface area contributed by atoms with Gasteiger partial charge in [-0.3, -0.25) is 10.1 Å². The van der Waals surface area contributed by atoms with Crippen molar-refractivity contribution in [1.29, 1.82) is 0 Å². The molecule has 0 aliphatic carbocycles. The molecular weight excluding hydrogens is 322 g/mol. The lowest BCUT2D eigenvalue weighted by Crippen LogP contribution is -2.45. The minimum absolute atomic E-state index is 0.0811. The van der Waals surface area contributed by atoms with Crippen molar-refractivity contribution in [3.05, 3.63) is 23.8 Å². The Labute approximate surface area is 148 Å². The molecule has 1 heterocycles. The summed E-state index contributed by atoms with van der Waals surface area (Å²) in [5, 5.41) is 8.34. The van der Waals surface area contributed by atoms with Crippen LogP contribution in [0.5, 0.6) is 11.5 Å². The van der Waals surface area contributed by atoms with Gasteiger partial charge >= 0.3 is 6.03 Å². The highest BCUT2D eigenvalue weighted by molar-refractivity contribution is 5.95. The number of hydrogen-bond donors (Lipinski definition) is 3. The number of hydrogen-bond acceptors (Lipinski definition) is 5. The third-order valence-corrected chi connectivity index (χ3v) is 4.17. The summed E-state index contributed by atoms with van der Waals surface area (Å²) < 4.78 is 10.8. The van der Waals surface area contributed by atoms with Crippen LogP contribution in [0, 0.1) is 5.92 Å². The third kappa shape index (κ3) is 5.94. The number of nitrogens with one attached hydrogen (secondary N) is 3. The van der Waals surface area contributed by atoms with Crippen LogP contribution in [-0.4, -0.2) is 45.3 Å². The van der Waals surface area contributed by atoms with Crippen LogP contribution in [0.2, 0.25) is 0 Å². The van der Waals surface area contributed by atoms with E-state index in [4.69, 9.17) is 9.47 Å². The highest BCUT2D eigenvalue weighted by Crippen LogP contribution is 2.28. The highest BCUT2D eigenvalue weighted by Gasteiger charge is 2.22. The maximum Gasteiger partial charge on any atom is 0.321 e. The topological polar surface area (TPSA) is 88.7 Å². The lowest BCUT2D eigenvalue weighted by molar-refractivity contribution is -0.124. The third-order valence-electron chi connectivity index (χ3n) is 4.17. The molecule has 2 rings (SSSR count). The molecule has 0 saturated carbocycles. The zero-order valence-corrected chi connectivity index (χ0v) is 14.9. The number of rotatable bonds is 7. The largest absolute Gasteiger partial charge is 0.493 e. The van der Waals surface area contributed by atoms with Crippen LogP contribution in [0.4, 0.5) is 4.79 Å². The number of amides is 3. The Balaban J connectivity index is 1.75. The minimum Gasteiger partial charge on any atom is -0.493 e. The Bertz CT molecular complexity index is 586. The summed E-state index contributed by atoms with van der Waals surface area (Å²) in [6.45, 7) is 4.56. The summed E-state index contributed by atoms with van der Waals surface area (Å²) in [7, 11) is 1.60. The molecule has 1 aromatic rings. The number of benzene rings is 1. The van der Waals surface area contributed by atoms with Gasteiger partial charge in [0, 0.05) is 12.5 Å². The number of piperidine rings is 1. The Kier molecular flexibility index (Phi) is 7.53. The van der Waals surface area contributed by atoms with Gasteiger partial charge in [0.15, 0.2) is 11.5 Å².